The zero-order valence-corrected chi connectivity index (χ0v) is 23.6. The van der Waals surface area contributed by atoms with Gasteiger partial charge >= 0.3 is 11.9 Å². The number of carboxylic acid groups (broad SMARTS) is 1. The molecule has 0 saturated heterocycles. The molecule has 0 aliphatic heterocycles. The van der Waals surface area contributed by atoms with Crippen molar-refractivity contribution in [2.75, 3.05) is 6.54 Å². The lowest BCUT2D eigenvalue weighted by molar-refractivity contribution is -0.171. The van der Waals surface area contributed by atoms with Gasteiger partial charge in [-0.15, -0.1) is 6.58 Å². The number of hydrogen-bond donors (Lipinski definition) is 1. The van der Waals surface area contributed by atoms with Crippen LogP contribution in [0.15, 0.2) is 65.6 Å². The smallest absolute Gasteiger partial charge is 0.350 e. The molecule has 0 fully saturated rings. The maximum Gasteiger partial charge on any atom is 0.350 e. The van der Waals surface area contributed by atoms with E-state index in [0.29, 0.717) is 42.6 Å². The summed E-state index contributed by atoms with van der Waals surface area (Å²) >= 11 is 0. The first-order valence-electron chi connectivity index (χ1n) is 12.9. The van der Waals surface area contributed by atoms with Gasteiger partial charge in [0.05, 0.1) is 12.2 Å². The molecule has 0 spiro atoms. The number of allylic oxidation sites excluding steroid dienone is 1. The van der Waals surface area contributed by atoms with Crippen LogP contribution in [0.4, 0.5) is 0 Å². The van der Waals surface area contributed by atoms with Gasteiger partial charge in [-0.3, -0.25) is 9.69 Å². The molecule has 8 nitrogen and oxygen atoms in total. The molecule has 0 unspecified atom stereocenters. The summed E-state index contributed by atoms with van der Waals surface area (Å²) in [6.07, 6.45) is 2.26. The third-order valence-corrected chi connectivity index (χ3v) is 5.80. The summed E-state index contributed by atoms with van der Waals surface area (Å²) < 4.78 is 17.5. The van der Waals surface area contributed by atoms with Gasteiger partial charge in [0.15, 0.2) is 5.60 Å². The van der Waals surface area contributed by atoms with Gasteiger partial charge in [0.2, 0.25) is 5.89 Å². The van der Waals surface area contributed by atoms with Crippen LogP contribution in [-0.2, 0) is 33.8 Å². The van der Waals surface area contributed by atoms with E-state index in [9.17, 15) is 14.7 Å². The van der Waals surface area contributed by atoms with Crippen LogP contribution < -0.4 is 4.74 Å². The topological polar surface area (TPSA) is 102 Å². The lowest BCUT2D eigenvalue weighted by Crippen LogP contribution is -2.43. The number of benzene rings is 2. The normalized spacial score (nSPS) is 11.9. The summed E-state index contributed by atoms with van der Waals surface area (Å²) in [5.74, 6) is 0.281. The number of oxazole rings is 1. The first-order valence-corrected chi connectivity index (χ1v) is 12.9. The number of carboxylic acids is 1. The number of aromatic nitrogens is 1. The highest BCUT2D eigenvalue weighted by molar-refractivity contribution is 5.79. The molecule has 0 atom stereocenters. The van der Waals surface area contributed by atoms with E-state index in [-0.39, 0.29) is 6.54 Å². The van der Waals surface area contributed by atoms with Crippen LogP contribution in [0.5, 0.6) is 5.75 Å². The standard InChI is InChI=1S/C31H38N2O6/c1-8-12-24-17-22(15-16-26(24)38-31(6,7)29(36)39-30(3,4)5)18-33(20-27(34)35)19-25-21(2)37-28(32-25)23-13-10-9-11-14-23/h8-11,13-17H,1,12,18-20H2,2-7H3,(H,34,35). The summed E-state index contributed by atoms with van der Waals surface area (Å²) in [6, 6.07) is 15.2. The van der Waals surface area contributed by atoms with Crippen LogP contribution in [0.2, 0.25) is 0 Å². The van der Waals surface area contributed by atoms with E-state index >= 15 is 0 Å². The van der Waals surface area contributed by atoms with Crippen LogP contribution in [0.3, 0.4) is 0 Å². The molecule has 0 radical (unpaired) electrons. The number of hydrogen-bond acceptors (Lipinski definition) is 7. The molecular formula is C31H38N2O6. The number of ether oxygens (including phenoxy) is 2. The number of esters is 1. The number of aryl methyl sites for hydroxylation is 1. The molecule has 0 bridgehead atoms. The van der Waals surface area contributed by atoms with Crippen molar-refractivity contribution in [3.05, 3.63) is 83.8 Å². The SMILES string of the molecule is C=CCc1cc(CN(CC(=O)O)Cc2nc(-c3ccccc3)oc2C)ccc1OC(C)(C)C(=O)OC(C)(C)C. The average Bonchev–Trinajstić information content (AvgIpc) is 3.20. The van der Waals surface area contributed by atoms with Gasteiger partial charge in [0, 0.05) is 18.7 Å². The fourth-order valence-electron chi connectivity index (χ4n) is 3.97. The summed E-state index contributed by atoms with van der Waals surface area (Å²) in [4.78, 5) is 30.8. The van der Waals surface area contributed by atoms with E-state index in [4.69, 9.17) is 13.9 Å². The second-order valence-electron chi connectivity index (χ2n) is 11.0. The Balaban J connectivity index is 1.82. The molecule has 0 amide bonds. The van der Waals surface area contributed by atoms with Crippen LogP contribution in [0.1, 0.15) is 57.2 Å². The molecule has 0 saturated carbocycles. The van der Waals surface area contributed by atoms with Crippen LogP contribution in [0, 0.1) is 6.92 Å². The van der Waals surface area contributed by atoms with Crippen LogP contribution in [0.25, 0.3) is 11.5 Å². The predicted molar refractivity (Wildman–Crippen MR) is 149 cm³/mol. The van der Waals surface area contributed by atoms with Crippen molar-refractivity contribution < 1.29 is 28.6 Å². The minimum atomic E-state index is -1.21. The molecule has 3 aromatic rings. The maximum atomic E-state index is 12.7. The molecule has 1 aromatic heterocycles. The molecule has 208 valence electrons. The first kappa shape index (κ1) is 29.6. The van der Waals surface area contributed by atoms with Gasteiger partial charge in [-0.05, 0) is 77.3 Å². The summed E-state index contributed by atoms with van der Waals surface area (Å²) in [5, 5.41) is 9.57. The quantitative estimate of drug-likeness (QED) is 0.224. The van der Waals surface area contributed by atoms with E-state index in [1.54, 1.807) is 30.9 Å². The second-order valence-corrected chi connectivity index (χ2v) is 11.0. The fourth-order valence-corrected chi connectivity index (χ4v) is 3.97. The van der Waals surface area contributed by atoms with E-state index < -0.39 is 23.1 Å². The lowest BCUT2D eigenvalue weighted by atomic mass is 10.0. The van der Waals surface area contributed by atoms with Gasteiger partial charge in [-0.2, -0.15) is 0 Å². The second kappa shape index (κ2) is 12.3. The summed E-state index contributed by atoms with van der Waals surface area (Å²) in [7, 11) is 0. The Morgan fingerprint density at radius 3 is 2.38 bits per heavy atom. The minimum Gasteiger partial charge on any atom is -0.480 e. The Labute approximate surface area is 230 Å². The number of carbonyl (C=O) groups excluding carboxylic acids is 1. The van der Waals surface area contributed by atoms with E-state index in [1.165, 1.54) is 0 Å². The summed E-state index contributed by atoms with van der Waals surface area (Å²) in [6.45, 7) is 14.9. The Morgan fingerprint density at radius 1 is 1.08 bits per heavy atom. The van der Waals surface area contributed by atoms with E-state index in [0.717, 1.165) is 16.7 Å². The highest BCUT2D eigenvalue weighted by Gasteiger charge is 2.35. The van der Waals surface area contributed by atoms with Gasteiger partial charge < -0.3 is 19.0 Å². The zero-order valence-electron chi connectivity index (χ0n) is 23.6. The summed E-state index contributed by atoms with van der Waals surface area (Å²) in [5.41, 5.74) is 1.42. The van der Waals surface area contributed by atoms with Gasteiger partial charge in [0.1, 0.15) is 17.1 Å². The molecule has 2 aromatic carbocycles. The lowest BCUT2D eigenvalue weighted by Gasteiger charge is -2.30. The van der Waals surface area contributed by atoms with E-state index in [2.05, 4.69) is 11.6 Å². The Morgan fingerprint density at radius 2 is 1.77 bits per heavy atom. The number of rotatable bonds is 12. The minimum absolute atomic E-state index is 0.173. The highest BCUT2D eigenvalue weighted by atomic mass is 16.6. The first-order chi connectivity index (χ1) is 18.3. The Kier molecular flexibility index (Phi) is 9.35. The van der Waals surface area contributed by atoms with Crippen LogP contribution >= 0.6 is 0 Å². The Hall–Kier alpha value is -3.91. The van der Waals surface area contributed by atoms with Crippen molar-refractivity contribution in [3.8, 4) is 17.2 Å². The molecule has 1 N–H and O–H groups in total. The molecule has 1 heterocycles. The number of carbonyl (C=O) groups is 2. The average molecular weight is 535 g/mol. The third-order valence-electron chi connectivity index (χ3n) is 5.80. The van der Waals surface area contributed by atoms with Crippen molar-refractivity contribution in [2.24, 2.45) is 0 Å². The monoisotopic (exact) mass is 534 g/mol. The largest absolute Gasteiger partial charge is 0.480 e. The zero-order chi connectivity index (χ0) is 28.8. The van der Waals surface area contributed by atoms with Gasteiger partial charge in [0.25, 0.3) is 0 Å². The maximum absolute atomic E-state index is 12.7. The molecule has 39 heavy (non-hydrogen) atoms. The molecule has 0 aliphatic carbocycles. The van der Waals surface area contributed by atoms with Crippen molar-refractivity contribution in [1.82, 2.24) is 9.88 Å². The molecule has 0 aliphatic rings. The Bertz CT molecular complexity index is 1300. The number of aliphatic carboxylic acids is 1. The van der Waals surface area contributed by atoms with Crippen molar-refractivity contribution in [2.45, 2.75) is 72.3 Å². The number of nitrogens with zero attached hydrogens (tertiary/aromatic N) is 2. The van der Waals surface area contributed by atoms with Gasteiger partial charge in [-0.25, -0.2) is 9.78 Å². The van der Waals surface area contributed by atoms with Crippen LogP contribution in [-0.4, -0.2) is 44.7 Å². The predicted octanol–water partition coefficient (Wildman–Crippen LogP) is 5.96. The van der Waals surface area contributed by atoms with Crippen molar-refractivity contribution >= 4 is 11.9 Å². The third kappa shape index (κ3) is 8.55. The van der Waals surface area contributed by atoms with Gasteiger partial charge in [-0.1, -0.05) is 36.4 Å². The molecule has 8 heteroatoms. The van der Waals surface area contributed by atoms with Crippen molar-refractivity contribution in [1.29, 1.82) is 0 Å². The fraction of sp³-hybridized carbons (Fsp3) is 0.387. The van der Waals surface area contributed by atoms with E-state index in [1.807, 2.05) is 70.2 Å². The molecular weight excluding hydrogens is 496 g/mol. The van der Waals surface area contributed by atoms with Crippen molar-refractivity contribution in [3.63, 3.8) is 0 Å². The molecule has 3 rings (SSSR count). The highest BCUT2D eigenvalue weighted by Crippen LogP contribution is 2.28.